The smallest absolute Gasteiger partial charge is 0.416 e. The van der Waals surface area contributed by atoms with Gasteiger partial charge in [-0.15, -0.1) is 0 Å². The van der Waals surface area contributed by atoms with Gasteiger partial charge in [-0.1, -0.05) is 23.4 Å². The lowest BCUT2D eigenvalue weighted by atomic mass is 9.78. The Bertz CT molecular complexity index is 919. The van der Waals surface area contributed by atoms with E-state index in [1.54, 1.807) is 6.92 Å². The van der Waals surface area contributed by atoms with Crippen LogP contribution in [0.5, 0.6) is 0 Å². The van der Waals surface area contributed by atoms with Crippen LogP contribution >= 0.6 is 0 Å². The molecule has 0 aliphatic carbocycles. The van der Waals surface area contributed by atoms with Crippen molar-refractivity contribution < 1.29 is 37.4 Å². The van der Waals surface area contributed by atoms with E-state index >= 15 is 0 Å². The summed E-state index contributed by atoms with van der Waals surface area (Å²) in [6.07, 6.45) is -3.89. The van der Waals surface area contributed by atoms with E-state index < -0.39 is 29.6 Å². The van der Waals surface area contributed by atoms with Crippen molar-refractivity contribution in [2.45, 2.75) is 32.9 Å². The fourth-order valence-corrected chi connectivity index (χ4v) is 3.25. The maximum atomic E-state index is 13.8. The predicted octanol–water partition coefficient (Wildman–Crippen LogP) is 3.51. The first kappa shape index (κ1) is 23.0. The minimum atomic E-state index is -4.75. The van der Waals surface area contributed by atoms with Crippen LogP contribution in [0.1, 0.15) is 37.8 Å². The van der Waals surface area contributed by atoms with Crippen LogP contribution in [-0.4, -0.2) is 36.6 Å². The molecule has 1 atom stereocenters. The van der Waals surface area contributed by atoms with E-state index in [0.717, 1.165) is 12.3 Å². The van der Waals surface area contributed by atoms with Crippen LogP contribution < -0.4 is 5.32 Å². The van der Waals surface area contributed by atoms with Crippen molar-refractivity contribution in [2.24, 2.45) is 5.16 Å². The topological polar surface area (TPSA) is 97.2 Å². The summed E-state index contributed by atoms with van der Waals surface area (Å²) in [6.45, 7) is 4.45. The number of hydrogen-bond donors (Lipinski definition) is 2. The SMILES string of the molecule is CCOC(=O)C1=C(C)NC(C=NO)=C(C(=O)OCC)C1c1ccccc1C(F)(F)F. The molecule has 0 aromatic heterocycles. The molecule has 1 heterocycles. The zero-order valence-electron chi connectivity index (χ0n) is 16.5. The maximum absolute atomic E-state index is 13.8. The molecule has 30 heavy (non-hydrogen) atoms. The molecule has 0 bridgehead atoms. The molecule has 162 valence electrons. The van der Waals surface area contributed by atoms with Crippen LogP contribution in [0.4, 0.5) is 13.2 Å². The number of hydrogen-bond acceptors (Lipinski definition) is 7. The van der Waals surface area contributed by atoms with Gasteiger partial charge in [-0.3, -0.25) is 0 Å². The summed E-state index contributed by atoms with van der Waals surface area (Å²) in [5.41, 5.74) is -1.78. The number of benzene rings is 1. The van der Waals surface area contributed by atoms with E-state index in [1.165, 1.54) is 32.0 Å². The molecule has 1 aromatic carbocycles. The van der Waals surface area contributed by atoms with Crippen molar-refractivity contribution in [3.63, 3.8) is 0 Å². The average molecular weight is 426 g/mol. The number of carbonyl (C=O) groups excluding carboxylic acids is 2. The Morgan fingerprint density at radius 2 is 1.70 bits per heavy atom. The first-order chi connectivity index (χ1) is 14.2. The largest absolute Gasteiger partial charge is 0.463 e. The van der Waals surface area contributed by atoms with E-state index in [4.69, 9.17) is 14.7 Å². The number of alkyl halides is 3. The molecular formula is C20H21F3N2O5. The second-order valence-corrected chi connectivity index (χ2v) is 6.19. The first-order valence-electron chi connectivity index (χ1n) is 9.07. The van der Waals surface area contributed by atoms with Crippen LogP contribution in [0.3, 0.4) is 0 Å². The van der Waals surface area contributed by atoms with Gasteiger partial charge < -0.3 is 20.0 Å². The maximum Gasteiger partial charge on any atom is 0.416 e. The van der Waals surface area contributed by atoms with Gasteiger partial charge in [-0.2, -0.15) is 13.2 Å². The number of carbonyl (C=O) groups is 2. The summed E-state index contributed by atoms with van der Waals surface area (Å²) in [6, 6.07) is 4.61. The summed E-state index contributed by atoms with van der Waals surface area (Å²) >= 11 is 0. The summed E-state index contributed by atoms with van der Waals surface area (Å²) in [5, 5.41) is 14.6. The number of nitrogens with zero attached hydrogens (tertiary/aromatic N) is 1. The Hall–Kier alpha value is -3.30. The van der Waals surface area contributed by atoms with Gasteiger partial charge in [0.1, 0.15) is 0 Å². The quantitative estimate of drug-likeness (QED) is 0.313. The monoisotopic (exact) mass is 426 g/mol. The summed E-state index contributed by atoms with van der Waals surface area (Å²) in [7, 11) is 0. The molecule has 0 saturated carbocycles. The molecular weight excluding hydrogens is 405 g/mol. The van der Waals surface area contributed by atoms with Crippen LogP contribution in [0, 0.1) is 0 Å². The molecule has 0 radical (unpaired) electrons. The lowest BCUT2D eigenvalue weighted by molar-refractivity contribution is -0.142. The van der Waals surface area contributed by atoms with Gasteiger partial charge in [0.25, 0.3) is 0 Å². The third kappa shape index (κ3) is 4.64. The molecule has 1 aliphatic rings. The molecule has 0 fully saturated rings. The second kappa shape index (κ2) is 9.47. The van der Waals surface area contributed by atoms with Gasteiger partial charge in [-0.05, 0) is 32.4 Å². The average Bonchev–Trinajstić information content (AvgIpc) is 2.67. The van der Waals surface area contributed by atoms with Crippen molar-refractivity contribution in [1.82, 2.24) is 5.32 Å². The lowest BCUT2D eigenvalue weighted by Gasteiger charge is -2.31. The Morgan fingerprint density at radius 1 is 1.13 bits per heavy atom. The van der Waals surface area contributed by atoms with Crippen LogP contribution in [0.25, 0.3) is 0 Å². The Balaban J connectivity index is 2.88. The van der Waals surface area contributed by atoms with Crippen molar-refractivity contribution in [3.05, 3.63) is 57.9 Å². The van der Waals surface area contributed by atoms with Gasteiger partial charge in [0.15, 0.2) is 0 Å². The number of esters is 2. The summed E-state index contributed by atoms with van der Waals surface area (Å²) < 4.78 is 51.3. The molecule has 0 saturated heterocycles. The van der Waals surface area contributed by atoms with Crippen LogP contribution in [-0.2, 0) is 25.2 Å². The number of allylic oxidation sites excluding steroid dienone is 2. The molecule has 0 amide bonds. The molecule has 2 N–H and O–H groups in total. The van der Waals surface area contributed by atoms with Crippen LogP contribution in [0.15, 0.2) is 52.0 Å². The number of oxime groups is 1. The van der Waals surface area contributed by atoms with E-state index in [0.29, 0.717) is 0 Å². The van der Waals surface area contributed by atoms with E-state index in [-0.39, 0.29) is 41.3 Å². The van der Waals surface area contributed by atoms with Crippen molar-refractivity contribution in [2.75, 3.05) is 13.2 Å². The molecule has 7 nitrogen and oxygen atoms in total. The van der Waals surface area contributed by atoms with Crippen molar-refractivity contribution >= 4 is 18.2 Å². The highest BCUT2D eigenvalue weighted by Gasteiger charge is 2.43. The first-order valence-corrected chi connectivity index (χ1v) is 9.07. The highest BCUT2D eigenvalue weighted by Crippen LogP contribution is 2.44. The molecule has 1 aliphatic heterocycles. The lowest BCUT2D eigenvalue weighted by Crippen LogP contribution is -2.34. The van der Waals surface area contributed by atoms with Gasteiger partial charge >= 0.3 is 18.1 Å². The zero-order chi connectivity index (χ0) is 22.5. The molecule has 1 unspecified atom stereocenters. The standard InChI is InChI=1S/C20H21F3N2O5/c1-4-29-18(26)15-11(3)25-14(10-24-28)17(19(27)30-5-2)16(15)12-8-6-7-9-13(12)20(21,22)23/h6-10,16,25,28H,4-5H2,1-3H3. The van der Waals surface area contributed by atoms with Gasteiger partial charge in [0, 0.05) is 5.70 Å². The Labute approximate surface area is 170 Å². The highest BCUT2D eigenvalue weighted by molar-refractivity contribution is 6.04. The number of rotatable bonds is 6. The number of halogens is 3. The fourth-order valence-electron chi connectivity index (χ4n) is 3.25. The van der Waals surface area contributed by atoms with Gasteiger partial charge in [0.05, 0.1) is 47.8 Å². The minimum absolute atomic E-state index is 0.0212. The summed E-state index contributed by atoms with van der Waals surface area (Å²) in [4.78, 5) is 25.4. The van der Waals surface area contributed by atoms with E-state index in [9.17, 15) is 22.8 Å². The number of dihydropyridines is 1. The van der Waals surface area contributed by atoms with Crippen LogP contribution in [0.2, 0.25) is 0 Å². The fraction of sp³-hybridized carbons (Fsp3) is 0.350. The molecule has 10 heteroatoms. The third-order valence-corrected chi connectivity index (χ3v) is 4.35. The van der Waals surface area contributed by atoms with E-state index in [2.05, 4.69) is 10.5 Å². The second-order valence-electron chi connectivity index (χ2n) is 6.19. The molecule has 1 aromatic rings. The Kier molecular flexibility index (Phi) is 7.25. The predicted molar refractivity (Wildman–Crippen MR) is 101 cm³/mol. The molecule has 2 rings (SSSR count). The highest BCUT2D eigenvalue weighted by atomic mass is 19.4. The number of ether oxygens (including phenoxy) is 2. The zero-order valence-corrected chi connectivity index (χ0v) is 16.5. The minimum Gasteiger partial charge on any atom is -0.463 e. The normalized spacial score (nSPS) is 17.2. The summed E-state index contributed by atoms with van der Waals surface area (Å²) in [5.74, 6) is -3.31. The van der Waals surface area contributed by atoms with E-state index in [1.807, 2.05) is 0 Å². The molecule has 0 spiro atoms. The van der Waals surface area contributed by atoms with Gasteiger partial charge in [0.2, 0.25) is 0 Å². The Morgan fingerprint density at radius 3 is 2.23 bits per heavy atom. The third-order valence-electron chi connectivity index (χ3n) is 4.35. The van der Waals surface area contributed by atoms with Crippen molar-refractivity contribution in [1.29, 1.82) is 0 Å². The van der Waals surface area contributed by atoms with Crippen molar-refractivity contribution in [3.8, 4) is 0 Å². The number of nitrogens with one attached hydrogen (secondary N) is 1. The van der Waals surface area contributed by atoms with Gasteiger partial charge in [-0.25, -0.2) is 9.59 Å².